The number of aryl methyl sites for hydroxylation is 3. The van der Waals surface area contributed by atoms with Gasteiger partial charge in [-0.15, -0.1) is 0 Å². The van der Waals surface area contributed by atoms with Crippen LogP contribution in [0.2, 0.25) is 15.1 Å². The molecule has 0 N–H and O–H groups in total. The summed E-state index contributed by atoms with van der Waals surface area (Å²) in [6.07, 6.45) is 0. The van der Waals surface area contributed by atoms with Crippen LogP contribution in [0, 0.1) is 20.8 Å². The van der Waals surface area contributed by atoms with Gasteiger partial charge < -0.3 is 4.18 Å². The lowest BCUT2D eigenvalue weighted by Gasteiger charge is -2.18. The van der Waals surface area contributed by atoms with Gasteiger partial charge in [-0.1, -0.05) is 59.1 Å². The minimum absolute atomic E-state index is 0.0650. The molecule has 1 aromatic heterocycles. The highest BCUT2D eigenvalue weighted by atomic mass is 35.5. The Morgan fingerprint density at radius 1 is 0.857 bits per heavy atom. The summed E-state index contributed by atoms with van der Waals surface area (Å²) in [5, 5.41) is 6.05. The Labute approximate surface area is 220 Å². The lowest BCUT2D eigenvalue weighted by atomic mass is 10.1. The number of aromatic nitrogens is 2. The second-order valence-electron chi connectivity index (χ2n) is 8.35. The van der Waals surface area contributed by atoms with Gasteiger partial charge in [0.15, 0.2) is 0 Å². The summed E-state index contributed by atoms with van der Waals surface area (Å²) < 4.78 is 34.2. The van der Waals surface area contributed by atoms with Crippen molar-refractivity contribution in [3.8, 4) is 17.0 Å². The Kier molecular flexibility index (Phi) is 7.21. The Balaban J connectivity index is 1.89. The zero-order chi connectivity index (χ0) is 25.5. The van der Waals surface area contributed by atoms with E-state index < -0.39 is 16.2 Å². The fourth-order valence-corrected chi connectivity index (χ4v) is 5.20. The monoisotopic (exact) mass is 548 g/mol. The first-order chi connectivity index (χ1) is 16.5. The molecule has 9 heteroatoms. The first-order valence-electron chi connectivity index (χ1n) is 10.8. The topological polar surface area (TPSA) is 61.2 Å². The van der Waals surface area contributed by atoms with E-state index in [0.717, 1.165) is 22.3 Å². The molecule has 0 saturated heterocycles. The van der Waals surface area contributed by atoms with Crippen molar-refractivity contribution in [2.24, 2.45) is 0 Å². The molecule has 0 radical (unpaired) electrons. The van der Waals surface area contributed by atoms with E-state index in [-0.39, 0.29) is 10.8 Å². The molecule has 0 amide bonds. The highest BCUT2D eigenvalue weighted by molar-refractivity contribution is 7.87. The van der Waals surface area contributed by atoms with Crippen LogP contribution in [0.15, 0.2) is 65.6 Å². The molecule has 0 aliphatic rings. The largest absolute Gasteiger partial charge is 0.358 e. The Hall–Kier alpha value is -2.51. The van der Waals surface area contributed by atoms with E-state index in [1.54, 1.807) is 60.1 Å². The van der Waals surface area contributed by atoms with Gasteiger partial charge in [0, 0.05) is 5.02 Å². The van der Waals surface area contributed by atoms with Gasteiger partial charge in [-0.2, -0.15) is 13.5 Å². The third-order valence-electron chi connectivity index (χ3n) is 5.92. The van der Waals surface area contributed by atoms with Gasteiger partial charge >= 0.3 is 10.1 Å². The molecule has 0 saturated carbocycles. The average molecular weight is 550 g/mol. The minimum atomic E-state index is -4.17. The Morgan fingerprint density at radius 2 is 1.54 bits per heavy atom. The third kappa shape index (κ3) is 5.21. The molecule has 35 heavy (non-hydrogen) atoms. The van der Waals surface area contributed by atoms with Crippen LogP contribution in [0.5, 0.6) is 5.88 Å². The number of halogens is 3. The molecular formula is C26H23Cl3N2O3S. The average Bonchev–Trinajstić information content (AvgIpc) is 3.12. The standard InChI is InChI=1S/C26H23Cl3N2O3S/c1-15-5-11-22(13-16(15)2)35(32,33)34-26-25(19-6-9-21(27)10-7-19)17(3)30-31(26)18(4)20-8-12-23(28)24(29)14-20/h5-14,18H,1-4H3. The van der Waals surface area contributed by atoms with Crippen LogP contribution < -0.4 is 4.18 Å². The van der Waals surface area contributed by atoms with Gasteiger partial charge in [0.2, 0.25) is 5.88 Å². The normalized spacial score (nSPS) is 12.5. The van der Waals surface area contributed by atoms with Gasteiger partial charge in [-0.25, -0.2) is 4.68 Å². The summed E-state index contributed by atoms with van der Waals surface area (Å²) in [6, 6.07) is 16.8. The van der Waals surface area contributed by atoms with Crippen LogP contribution in [0.3, 0.4) is 0 Å². The molecule has 5 nitrogen and oxygen atoms in total. The number of hydrogen-bond donors (Lipinski definition) is 0. The van der Waals surface area contributed by atoms with Crippen LogP contribution in [-0.4, -0.2) is 18.2 Å². The van der Waals surface area contributed by atoms with Crippen LogP contribution in [0.4, 0.5) is 0 Å². The van der Waals surface area contributed by atoms with Crippen LogP contribution >= 0.6 is 34.8 Å². The Morgan fingerprint density at radius 3 is 2.17 bits per heavy atom. The first-order valence-corrected chi connectivity index (χ1v) is 13.3. The molecule has 0 bridgehead atoms. The van der Waals surface area contributed by atoms with Gasteiger partial charge in [0.25, 0.3) is 0 Å². The highest BCUT2D eigenvalue weighted by Gasteiger charge is 2.28. The molecule has 3 aromatic carbocycles. The van der Waals surface area contributed by atoms with E-state index in [9.17, 15) is 8.42 Å². The molecule has 0 spiro atoms. The maximum absolute atomic E-state index is 13.4. The maximum Gasteiger partial charge on any atom is 0.340 e. The van der Waals surface area contributed by atoms with E-state index in [1.807, 2.05) is 26.8 Å². The van der Waals surface area contributed by atoms with Gasteiger partial charge in [-0.3, -0.25) is 0 Å². The number of nitrogens with zero attached hydrogens (tertiary/aromatic N) is 2. The highest BCUT2D eigenvalue weighted by Crippen LogP contribution is 2.39. The van der Waals surface area contributed by atoms with E-state index in [1.165, 1.54) is 6.07 Å². The van der Waals surface area contributed by atoms with Gasteiger partial charge in [0.05, 0.1) is 27.3 Å². The summed E-state index contributed by atoms with van der Waals surface area (Å²) in [5.74, 6) is 0.0987. The van der Waals surface area contributed by atoms with Crippen molar-refractivity contribution in [2.75, 3.05) is 0 Å². The molecule has 1 unspecified atom stereocenters. The van der Waals surface area contributed by atoms with Crippen molar-refractivity contribution in [3.05, 3.63) is 98.1 Å². The van der Waals surface area contributed by atoms with Crippen molar-refractivity contribution >= 4 is 44.9 Å². The van der Waals surface area contributed by atoms with Gasteiger partial charge in [0.1, 0.15) is 4.90 Å². The molecule has 0 aliphatic heterocycles. The predicted octanol–water partition coefficient (Wildman–Crippen LogP) is 7.81. The van der Waals surface area contributed by atoms with E-state index in [4.69, 9.17) is 39.0 Å². The summed E-state index contributed by atoms with van der Waals surface area (Å²) in [6.45, 7) is 7.46. The SMILES string of the molecule is Cc1ccc(S(=O)(=O)Oc2c(-c3ccc(Cl)cc3)c(C)nn2C(C)c2ccc(Cl)c(Cl)c2)cc1C. The Bertz CT molecular complexity index is 1510. The fourth-order valence-electron chi connectivity index (χ4n) is 3.75. The molecule has 0 fully saturated rings. The van der Waals surface area contributed by atoms with Crippen molar-refractivity contribution < 1.29 is 12.6 Å². The van der Waals surface area contributed by atoms with E-state index in [2.05, 4.69) is 5.10 Å². The molecule has 0 aliphatic carbocycles. The van der Waals surface area contributed by atoms with Crippen molar-refractivity contribution in [1.82, 2.24) is 9.78 Å². The summed E-state index contributed by atoms with van der Waals surface area (Å²) >= 11 is 18.4. The van der Waals surface area contributed by atoms with E-state index >= 15 is 0 Å². The summed E-state index contributed by atoms with van der Waals surface area (Å²) in [4.78, 5) is 0.0650. The molecular weight excluding hydrogens is 527 g/mol. The van der Waals surface area contributed by atoms with Crippen LogP contribution in [0.25, 0.3) is 11.1 Å². The number of rotatable bonds is 6. The first kappa shape index (κ1) is 25.6. The fraction of sp³-hybridized carbons (Fsp3) is 0.192. The minimum Gasteiger partial charge on any atom is -0.358 e. The van der Waals surface area contributed by atoms with Gasteiger partial charge in [-0.05, 0) is 86.3 Å². The zero-order valence-corrected chi connectivity index (χ0v) is 22.6. The number of benzene rings is 3. The molecule has 4 aromatic rings. The van der Waals surface area contributed by atoms with Crippen LogP contribution in [-0.2, 0) is 10.1 Å². The molecule has 1 heterocycles. The smallest absolute Gasteiger partial charge is 0.340 e. The third-order valence-corrected chi connectivity index (χ3v) is 8.12. The lowest BCUT2D eigenvalue weighted by Crippen LogP contribution is -2.16. The zero-order valence-electron chi connectivity index (χ0n) is 19.5. The summed E-state index contributed by atoms with van der Waals surface area (Å²) in [5.41, 5.74) is 4.51. The number of hydrogen-bond acceptors (Lipinski definition) is 4. The summed E-state index contributed by atoms with van der Waals surface area (Å²) in [7, 11) is -4.17. The van der Waals surface area contributed by atoms with Crippen molar-refractivity contribution in [3.63, 3.8) is 0 Å². The lowest BCUT2D eigenvalue weighted by molar-refractivity contribution is 0.426. The quantitative estimate of drug-likeness (QED) is 0.230. The van der Waals surface area contributed by atoms with Crippen molar-refractivity contribution in [1.29, 1.82) is 0 Å². The van der Waals surface area contributed by atoms with Crippen LogP contribution in [0.1, 0.15) is 35.3 Å². The van der Waals surface area contributed by atoms with E-state index in [0.29, 0.717) is 26.3 Å². The second kappa shape index (κ2) is 9.86. The predicted molar refractivity (Wildman–Crippen MR) is 141 cm³/mol. The molecule has 4 rings (SSSR count). The molecule has 182 valence electrons. The maximum atomic E-state index is 13.4. The second-order valence-corrected chi connectivity index (χ2v) is 11.1. The molecule has 1 atom stereocenters. The van der Waals surface area contributed by atoms with Crippen molar-refractivity contribution in [2.45, 2.75) is 38.6 Å².